The van der Waals surface area contributed by atoms with Gasteiger partial charge in [-0.1, -0.05) is 12.1 Å². The molecule has 32 heavy (non-hydrogen) atoms. The molecule has 8 heteroatoms. The van der Waals surface area contributed by atoms with Crippen LogP contribution in [0.3, 0.4) is 0 Å². The molecule has 2 aliphatic heterocycles. The summed E-state index contributed by atoms with van der Waals surface area (Å²) in [5.74, 6) is 0.661. The Morgan fingerprint density at radius 3 is 2.38 bits per heavy atom. The van der Waals surface area contributed by atoms with Gasteiger partial charge in [0.15, 0.2) is 0 Å². The monoisotopic (exact) mass is 441 g/mol. The van der Waals surface area contributed by atoms with Crippen LogP contribution in [0.5, 0.6) is 5.75 Å². The molecule has 0 aliphatic carbocycles. The third kappa shape index (κ3) is 4.38. The van der Waals surface area contributed by atoms with Gasteiger partial charge < -0.3 is 18.8 Å². The number of likely N-dealkylation sites (tertiary alicyclic amines) is 1. The molecule has 2 fully saturated rings. The van der Waals surface area contributed by atoms with Gasteiger partial charge in [-0.2, -0.15) is 0 Å². The maximum absolute atomic E-state index is 13.7. The van der Waals surface area contributed by atoms with Crippen LogP contribution in [0.4, 0.5) is 4.79 Å². The smallest absolute Gasteiger partial charge is 0.327 e. The average molecular weight is 442 g/mol. The fourth-order valence-corrected chi connectivity index (χ4v) is 4.72. The standard InChI is InChI=1S/C24H31N3O5/c1-30-14-3-11-27-23(29)26(17-19-4-6-21(31-2)7-5-19)22(28)24(27)9-12-25(13-10-24)16-20-8-15-32-18-20/h4-8,15,18H,3,9-14,16-17H2,1-2H3. The van der Waals surface area contributed by atoms with E-state index in [-0.39, 0.29) is 18.5 Å². The Bertz CT molecular complexity index is 904. The van der Waals surface area contributed by atoms with Gasteiger partial charge in [0, 0.05) is 45.5 Å². The molecule has 8 nitrogen and oxygen atoms in total. The molecule has 2 aliphatic rings. The van der Waals surface area contributed by atoms with Crippen molar-refractivity contribution >= 4 is 11.9 Å². The Kier molecular flexibility index (Phi) is 6.81. The number of piperidine rings is 1. The van der Waals surface area contributed by atoms with Gasteiger partial charge in [-0.15, -0.1) is 0 Å². The van der Waals surface area contributed by atoms with Gasteiger partial charge >= 0.3 is 6.03 Å². The van der Waals surface area contributed by atoms with Crippen molar-refractivity contribution in [3.63, 3.8) is 0 Å². The van der Waals surface area contributed by atoms with Crippen molar-refractivity contribution in [3.8, 4) is 5.75 Å². The molecule has 0 radical (unpaired) electrons. The SMILES string of the molecule is COCCCN1C(=O)N(Cc2ccc(OC)cc2)C(=O)C12CCN(Cc1ccoc1)CC2. The Morgan fingerprint density at radius 2 is 1.75 bits per heavy atom. The fourth-order valence-electron chi connectivity index (χ4n) is 4.72. The average Bonchev–Trinajstić information content (AvgIpc) is 3.39. The Morgan fingerprint density at radius 1 is 1.00 bits per heavy atom. The van der Waals surface area contributed by atoms with Crippen molar-refractivity contribution in [1.29, 1.82) is 0 Å². The van der Waals surface area contributed by atoms with Crippen LogP contribution in [-0.2, 0) is 22.6 Å². The summed E-state index contributed by atoms with van der Waals surface area (Å²) in [5.41, 5.74) is 1.25. The maximum atomic E-state index is 13.7. The summed E-state index contributed by atoms with van der Waals surface area (Å²) < 4.78 is 15.6. The van der Waals surface area contributed by atoms with Crippen molar-refractivity contribution in [2.45, 2.75) is 37.9 Å². The van der Waals surface area contributed by atoms with E-state index in [1.165, 1.54) is 4.90 Å². The molecule has 0 atom stereocenters. The lowest BCUT2D eigenvalue weighted by Gasteiger charge is -2.42. The number of urea groups is 1. The van der Waals surface area contributed by atoms with Crippen molar-refractivity contribution in [2.24, 2.45) is 0 Å². The first kappa shape index (κ1) is 22.4. The molecule has 0 N–H and O–H groups in total. The highest BCUT2D eigenvalue weighted by Crippen LogP contribution is 2.38. The molecule has 172 valence electrons. The van der Waals surface area contributed by atoms with Gasteiger partial charge in [-0.25, -0.2) is 4.79 Å². The molecule has 2 saturated heterocycles. The molecule has 1 aromatic carbocycles. The number of furan rings is 1. The number of nitrogens with zero attached hydrogens (tertiary/aromatic N) is 3. The van der Waals surface area contributed by atoms with E-state index in [2.05, 4.69) is 4.90 Å². The minimum absolute atomic E-state index is 0.0845. The third-order valence-corrected chi connectivity index (χ3v) is 6.52. The zero-order valence-corrected chi connectivity index (χ0v) is 18.8. The predicted octanol–water partition coefficient (Wildman–Crippen LogP) is 3.12. The number of hydrogen-bond acceptors (Lipinski definition) is 6. The molecule has 4 rings (SSSR count). The van der Waals surface area contributed by atoms with E-state index < -0.39 is 5.54 Å². The number of rotatable bonds is 9. The summed E-state index contributed by atoms with van der Waals surface area (Å²) in [6, 6.07) is 9.25. The highest BCUT2D eigenvalue weighted by molar-refractivity contribution is 6.07. The molecule has 0 saturated carbocycles. The molecule has 1 spiro atoms. The number of methoxy groups -OCH3 is 2. The van der Waals surface area contributed by atoms with Gasteiger partial charge in [0.05, 0.1) is 26.2 Å². The third-order valence-electron chi connectivity index (χ3n) is 6.52. The normalized spacial score (nSPS) is 18.7. The summed E-state index contributed by atoms with van der Waals surface area (Å²) in [6.07, 6.45) is 5.38. The Balaban J connectivity index is 1.50. The van der Waals surface area contributed by atoms with E-state index in [1.54, 1.807) is 31.6 Å². The summed E-state index contributed by atoms with van der Waals surface area (Å²) in [7, 11) is 3.26. The number of amides is 3. The second-order valence-electron chi connectivity index (χ2n) is 8.46. The molecule has 3 heterocycles. The lowest BCUT2D eigenvalue weighted by molar-refractivity contribution is -0.136. The van der Waals surface area contributed by atoms with Crippen LogP contribution in [0, 0.1) is 0 Å². The fraction of sp³-hybridized carbons (Fsp3) is 0.500. The molecule has 1 aromatic heterocycles. The maximum Gasteiger partial charge on any atom is 0.327 e. The zero-order valence-electron chi connectivity index (χ0n) is 18.8. The number of imide groups is 1. The van der Waals surface area contributed by atoms with Crippen molar-refractivity contribution in [1.82, 2.24) is 14.7 Å². The number of carbonyl (C=O) groups is 2. The van der Waals surface area contributed by atoms with Crippen molar-refractivity contribution in [3.05, 3.63) is 54.0 Å². The largest absolute Gasteiger partial charge is 0.497 e. The van der Waals surface area contributed by atoms with Crippen LogP contribution in [0.25, 0.3) is 0 Å². The van der Waals surface area contributed by atoms with Gasteiger partial charge in [0.25, 0.3) is 5.91 Å². The van der Waals surface area contributed by atoms with Crippen LogP contribution >= 0.6 is 0 Å². The minimum atomic E-state index is -0.774. The summed E-state index contributed by atoms with van der Waals surface area (Å²) in [4.78, 5) is 32.6. The van der Waals surface area contributed by atoms with Gasteiger partial charge in [-0.3, -0.25) is 14.6 Å². The Labute approximate surface area is 188 Å². The minimum Gasteiger partial charge on any atom is -0.497 e. The molecule has 2 aromatic rings. The molecule has 3 amide bonds. The first-order chi connectivity index (χ1) is 15.6. The van der Waals surface area contributed by atoms with E-state index in [4.69, 9.17) is 13.9 Å². The lowest BCUT2D eigenvalue weighted by Crippen LogP contribution is -2.56. The number of benzene rings is 1. The van der Waals surface area contributed by atoms with E-state index >= 15 is 0 Å². The molecular weight excluding hydrogens is 410 g/mol. The van der Waals surface area contributed by atoms with Crippen molar-refractivity contribution in [2.75, 3.05) is 40.5 Å². The molecular formula is C24H31N3O5. The quantitative estimate of drug-likeness (QED) is 0.440. The first-order valence-corrected chi connectivity index (χ1v) is 11.1. The lowest BCUT2D eigenvalue weighted by atomic mass is 9.85. The van der Waals surface area contributed by atoms with Crippen LogP contribution in [0.15, 0.2) is 47.3 Å². The van der Waals surface area contributed by atoms with Crippen LogP contribution in [0.2, 0.25) is 0 Å². The summed E-state index contributed by atoms with van der Waals surface area (Å²) >= 11 is 0. The second-order valence-corrected chi connectivity index (χ2v) is 8.46. The number of carbonyl (C=O) groups excluding carboxylic acids is 2. The van der Waals surface area contributed by atoms with Gasteiger partial charge in [-0.05, 0) is 43.0 Å². The van der Waals surface area contributed by atoms with Crippen molar-refractivity contribution < 1.29 is 23.5 Å². The molecule has 0 bridgehead atoms. The van der Waals surface area contributed by atoms with Crippen LogP contribution < -0.4 is 4.74 Å². The number of ether oxygens (including phenoxy) is 2. The summed E-state index contributed by atoms with van der Waals surface area (Å²) in [5, 5.41) is 0. The van der Waals surface area contributed by atoms with Crippen LogP contribution in [0.1, 0.15) is 30.4 Å². The topological polar surface area (TPSA) is 75.5 Å². The van der Waals surface area contributed by atoms with Crippen LogP contribution in [-0.4, -0.2) is 72.6 Å². The molecule has 0 unspecified atom stereocenters. The zero-order chi connectivity index (χ0) is 22.6. The van der Waals surface area contributed by atoms with E-state index in [9.17, 15) is 9.59 Å². The first-order valence-electron chi connectivity index (χ1n) is 11.1. The van der Waals surface area contributed by atoms with Gasteiger partial charge in [0.2, 0.25) is 0 Å². The van der Waals surface area contributed by atoms with E-state index in [0.29, 0.717) is 32.4 Å². The second kappa shape index (κ2) is 9.75. The van der Waals surface area contributed by atoms with Gasteiger partial charge in [0.1, 0.15) is 11.3 Å². The van der Waals surface area contributed by atoms with E-state index in [0.717, 1.165) is 36.5 Å². The highest BCUT2D eigenvalue weighted by atomic mass is 16.5. The summed E-state index contributed by atoms with van der Waals surface area (Å²) in [6.45, 7) is 3.62. The van der Waals surface area contributed by atoms with E-state index in [1.807, 2.05) is 30.3 Å². The Hall–Kier alpha value is -2.84. The highest BCUT2D eigenvalue weighted by Gasteiger charge is 2.57. The number of hydrogen-bond donors (Lipinski definition) is 0. The predicted molar refractivity (Wildman–Crippen MR) is 118 cm³/mol.